The third-order valence-electron chi connectivity index (χ3n) is 5.55. The molecule has 8 nitrogen and oxygen atoms in total. The summed E-state index contributed by atoms with van der Waals surface area (Å²) in [5, 5.41) is 19.9. The van der Waals surface area contributed by atoms with E-state index in [1.165, 1.54) is 10.7 Å². The highest BCUT2D eigenvalue weighted by Crippen LogP contribution is 2.37. The van der Waals surface area contributed by atoms with Gasteiger partial charge in [0.25, 0.3) is 5.56 Å². The Balaban J connectivity index is 0.00000320. The van der Waals surface area contributed by atoms with Gasteiger partial charge in [-0.25, -0.2) is 0 Å². The summed E-state index contributed by atoms with van der Waals surface area (Å²) in [6.07, 6.45) is 1.57. The molecule has 5 rings (SSSR count). The summed E-state index contributed by atoms with van der Waals surface area (Å²) in [7, 11) is 0. The van der Waals surface area contributed by atoms with Crippen molar-refractivity contribution in [3.63, 3.8) is 0 Å². The highest BCUT2D eigenvalue weighted by atomic mass is 35.5. The zero-order valence-electron chi connectivity index (χ0n) is 19.5. The highest BCUT2D eigenvalue weighted by molar-refractivity contribution is 7.99. The first-order valence-electron chi connectivity index (χ1n) is 11.0. The molecule has 0 aliphatic rings. The van der Waals surface area contributed by atoms with Crippen LogP contribution in [0.1, 0.15) is 17.2 Å². The first kappa shape index (κ1) is 25.9. The maximum Gasteiger partial charge on any atom is 0.277 e. The van der Waals surface area contributed by atoms with Crippen LogP contribution in [0.5, 0.6) is 5.88 Å². The van der Waals surface area contributed by atoms with Crippen molar-refractivity contribution in [2.45, 2.75) is 15.8 Å². The number of nitrogens with one attached hydrogen (secondary N) is 3. The van der Waals surface area contributed by atoms with Crippen LogP contribution < -0.4 is 27.7 Å². The SMILES string of the molecule is N.O=c1cc(Nc2ccc(C(c3ccccc3)n3[nH]c(=O)c(Sc4ccccc4Cl)c3[O-])cc2)cc[nH]1. The van der Waals surface area contributed by atoms with Crippen LogP contribution in [0.4, 0.5) is 11.4 Å². The van der Waals surface area contributed by atoms with Crippen LogP contribution in [0, 0.1) is 0 Å². The summed E-state index contributed by atoms with van der Waals surface area (Å²) in [5.74, 6) is -0.426. The number of hydrogen-bond donors (Lipinski definition) is 4. The molecule has 0 fully saturated rings. The van der Waals surface area contributed by atoms with Crippen molar-refractivity contribution in [2.75, 3.05) is 5.32 Å². The minimum atomic E-state index is -0.555. The highest BCUT2D eigenvalue weighted by Gasteiger charge is 2.21. The summed E-state index contributed by atoms with van der Waals surface area (Å²) in [4.78, 5) is 27.7. The molecule has 2 heterocycles. The number of pyridine rings is 1. The number of aromatic amines is 2. The van der Waals surface area contributed by atoms with Gasteiger partial charge >= 0.3 is 0 Å². The fourth-order valence-corrected chi connectivity index (χ4v) is 5.00. The molecule has 0 saturated carbocycles. The molecule has 0 amide bonds. The molecule has 0 aliphatic carbocycles. The Morgan fingerprint density at radius 2 is 1.54 bits per heavy atom. The number of aromatic nitrogens is 3. The minimum Gasteiger partial charge on any atom is -0.858 e. The second-order valence-electron chi connectivity index (χ2n) is 7.98. The van der Waals surface area contributed by atoms with E-state index >= 15 is 0 Å². The number of nitrogens with zero attached hydrogens (tertiary/aromatic N) is 1. The maximum absolute atomic E-state index is 13.5. The average Bonchev–Trinajstić information content (AvgIpc) is 3.15. The molecule has 2 aromatic heterocycles. The normalized spacial score (nSPS) is 11.5. The second-order valence-corrected chi connectivity index (χ2v) is 9.44. The van der Waals surface area contributed by atoms with Gasteiger partial charge < -0.3 is 21.6 Å². The van der Waals surface area contributed by atoms with E-state index in [0.29, 0.717) is 15.6 Å². The predicted octanol–water partition coefficient (Wildman–Crippen LogP) is 5.29. The molecule has 10 heteroatoms. The van der Waals surface area contributed by atoms with Gasteiger partial charge in [-0.3, -0.25) is 19.4 Å². The molecule has 1 atom stereocenters. The van der Waals surface area contributed by atoms with Crippen LogP contribution in [0.2, 0.25) is 5.02 Å². The molecular formula is C27H23ClN5O3S-. The van der Waals surface area contributed by atoms with E-state index in [9.17, 15) is 14.7 Å². The fraction of sp³-hybridized carbons (Fsp3) is 0.0370. The smallest absolute Gasteiger partial charge is 0.277 e. The van der Waals surface area contributed by atoms with E-state index in [0.717, 1.165) is 28.6 Å². The van der Waals surface area contributed by atoms with Crippen molar-refractivity contribution < 1.29 is 5.11 Å². The van der Waals surface area contributed by atoms with Gasteiger partial charge in [0.1, 0.15) is 0 Å². The predicted molar refractivity (Wildman–Crippen MR) is 146 cm³/mol. The Kier molecular flexibility index (Phi) is 7.88. The molecular weight excluding hydrogens is 510 g/mol. The zero-order chi connectivity index (χ0) is 25.1. The molecule has 6 N–H and O–H groups in total. The van der Waals surface area contributed by atoms with E-state index in [-0.39, 0.29) is 16.6 Å². The van der Waals surface area contributed by atoms with Gasteiger partial charge in [-0.2, -0.15) is 0 Å². The van der Waals surface area contributed by atoms with Gasteiger partial charge in [-0.15, -0.1) is 0 Å². The summed E-state index contributed by atoms with van der Waals surface area (Å²) in [6, 6.07) is 26.7. The number of benzene rings is 3. The Morgan fingerprint density at radius 1 is 0.865 bits per heavy atom. The van der Waals surface area contributed by atoms with E-state index in [1.807, 2.05) is 54.6 Å². The molecule has 37 heavy (non-hydrogen) atoms. The summed E-state index contributed by atoms with van der Waals surface area (Å²) in [5.41, 5.74) is 2.39. The molecule has 3 aromatic carbocycles. The number of halogens is 1. The summed E-state index contributed by atoms with van der Waals surface area (Å²) in [6.45, 7) is 0. The molecule has 0 aliphatic heterocycles. The second kappa shape index (κ2) is 11.3. The molecule has 0 saturated heterocycles. The quantitative estimate of drug-likeness (QED) is 0.224. The Bertz CT molecular complexity index is 1610. The zero-order valence-corrected chi connectivity index (χ0v) is 21.1. The van der Waals surface area contributed by atoms with E-state index in [1.54, 1.807) is 36.5 Å². The lowest BCUT2D eigenvalue weighted by Crippen LogP contribution is -2.18. The monoisotopic (exact) mass is 532 g/mol. The van der Waals surface area contributed by atoms with E-state index < -0.39 is 17.5 Å². The number of H-pyrrole nitrogens is 2. The van der Waals surface area contributed by atoms with Gasteiger partial charge in [0.15, 0.2) is 0 Å². The number of hydrogen-bond acceptors (Lipinski definition) is 6. The van der Waals surface area contributed by atoms with Crippen LogP contribution in [0.3, 0.4) is 0 Å². The molecule has 1 unspecified atom stereocenters. The molecule has 0 radical (unpaired) electrons. The van der Waals surface area contributed by atoms with Crippen molar-refractivity contribution in [3.8, 4) is 5.88 Å². The summed E-state index contributed by atoms with van der Waals surface area (Å²) < 4.78 is 1.36. The van der Waals surface area contributed by atoms with Crippen molar-refractivity contribution in [1.29, 1.82) is 0 Å². The number of anilines is 2. The lowest BCUT2D eigenvalue weighted by molar-refractivity contribution is -0.284. The third kappa shape index (κ3) is 5.64. The van der Waals surface area contributed by atoms with Gasteiger partial charge in [-0.1, -0.05) is 78.0 Å². The van der Waals surface area contributed by atoms with Crippen LogP contribution in [0.15, 0.2) is 117 Å². The van der Waals surface area contributed by atoms with Gasteiger partial charge in [0.05, 0.1) is 16.0 Å². The molecule has 0 bridgehead atoms. The average molecular weight is 533 g/mol. The fourth-order valence-electron chi connectivity index (χ4n) is 3.89. The first-order valence-corrected chi connectivity index (χ1v) is 12.2. The van der Waals surface area contributed by atoms with E-state index in [2.05, 4.69) is 15.4 Å². The molecule has 188 valence electrons. The van der Waals surface area contributed by atoms with Crippen molar-refractivity contribution in [1.82, 2.24) is 20.9 Å². The minimum absolute atomic E-state index is 0. The first-order chi connectivity index (χ1) is 17.5. The number of rotatable bonds is 7. The molecule has 0 spiro atoms. The van der Waals surface area contributed by atoms with Gasteiger partial charge in [-0.05, 0) is 41.5 Å². The third-order valence-corrected chi connectivity index (χ3v) is 7.14. The van der Waals surface area contributed by atoms with Gasteiger partial charge in [0.2, 0.25) is 5.56 Å². The van der Waals surface area contributed by atoms with Crippen LogP contribution in [0.25, 0.3) is 0 Å². The van der Waals surface area contributed by atoms with Gasteiger partial charge in [0, 0.05) is 34.4 Å². The van der Waals surface area contributed by atoms with Crippen LogP contribution in [-0.4, -0.2) is 14.8 Å². The van der Waals surface area contributed by atoms with Crippen molar-refractivity contribution in [3.05, 3.63) is 134 Å². The molecule has 5 aromatic rings. The summed E-state index contributed by atoms with van der Waals surface area (Å²) >= 11 is 7.31. The van der Waals surface area contributed by atoms with Crippen molar-refractivity contribution in [2.24, 2.45) is 0 Å². The van der Waals surface area contributed by atoms with Crippen molar-refractivity contribution >= 4 is 34.7 Å². The Morgan fingerprint density at radius 3 is 2.24 bits per heavy atom. The lowest BCUT2D eigenvalue weighted by Gasteiger charge is -2.25. The standard InChI is InChI=1S/C27H21ClN4O3S.H3N/c28-21-8-4-5-9-22(21)36-25-26(34)31-32(27(25)35)24(17-6-2-1-3-7-17)18-10-12-19(13-11-18)30-20-14-15-29-23(33)16-20;/h1-16,24,35H,(H,31,34)(H2,29,30,33);1H3/p-1. The van der Waals surface area contributed by atoms with Crippen LogP contribution in [-0.2, 0) is 0 Å². The topological polar surface area (TPSA) is 141 Å². The van der Waals surface area contributed by atoms with E-state index in [4.69, 9.17) is 11.6 Å². The Labute approximate surface area is 221 Å². The Hall–Kier alpha value is -4.18. The lowest BCUT2D eigenvalue weighted by atomic mass is 9.98. The largest absolute Gasteiger partial charge is 0.858 e. The maximum atomic E-state index is 13.5. The van der Waals surface area contributed by atoms with Crippen LogP contribution >= 0.6 is 23.4 Å².